The molecule has 3 amide bonds. The van der Waals surface area contributed by atoms with Crippen LogP contribution in [0.25, 0.3) is 0 Å². The molecule has 3 aliphatic rings. The van der Waals surface area contributed by atoms with Crippen LogP contribution in [0.1, 0.15) is 30.4 Å². The SMILES string of the molecule is Cc1cc(Br)ccc1NC(=O)COC(=O)[C@H](Cc1ccccc1)N1C(=O)[C@@H]2[C@H]3CC[C@@H](C3)[C@H]2C1=O. The number of carbonyl (C=O) groups is 4. The third-order valence-corrected chi connectivity index (χ3v) is 8.12. The second-order valence-electron chi connectivity index (χ2n) is 9.75. The van der Waals surface area contributed by atoms with E-state index < -0.39 is 24.5 Å². The lowest BCUT2D eigenvalue weighted by molar-refractivity contribution is -0.160. The quantitative estimate of drug-likeness (QED) is 0.426. The summed E-state index contributed by atoms with van der Waals surface area (Å²) in [7, 11) is 0. The number of likely N-dealkylation sites (tertiary alicyclic amines) is 1. The van der Waals surface area contributed by atoms with Gasteiger partial charge in [0.15, 0.2) is 6.61 Å². The number of anilines is 1. The van der Waals surface area contributed by atoms with Gasteiger partial charge in [0, 0.05) is 16.6 Å². The molecule has 5 rings (SSSR count). The lowest BCUT2D eigenvalue weighted by Gasteiger charge is -2.26. The molecule has 1 heterocycles. The number of rotatable bonds is 7. The lowest BCUT2D eigenvalue weighted by Crippen LogP contribution is -2.48. The summed E-state index contributed by atoms with van der Waals surface area (Å²) in [5.41, 5.74) is 2.28. The first-order chi connectivity index (χ1) is 16.8. The van der Waals surface area contributed by atoms with Crippen molar-refractivity contribution in [2.24, 2.45) is 23.7 Å². The second-order valence-corrected chi connectivity index (χ2v) is 10.7. The van der Waals surface area contributed by atoms with Crippen molar-refractivity contribution in [2.45, 2.75) is 38.6 Å². The van der Waals surface area contributed by atoms with Crippen molar-refractivity contribution in [3.63, 3.8) is 0 Å². The van der Waals surface area contributed by atoms with Gasteiger partial charge in [0.25, 0.3) is 5.91 Å². The number of carbonyl (C=O) groups excluding carboxylic acids is 4. The minimum atomic E-state index is -1.09. The Balaban J connectivity index is 1.31. The first kappa shape index (κ1) is 23.7. The molecular formula is C27H27BrN2O5. The molecule has 182 valence electrons. The molecule has 1 N–H and O–H groups in total. The topological polar surface area (TPSA) is 92.8 Å². The minimum absolute atomic E-state index is 0.152. The highest BCUT2D eigenvalue weighted by molar-refractivity contribution is 9.10. The molecule has 2 bridgehead atoms. The Hall–Kier alpha value is -3.00. The van der Waals surface area contributed by atoms with Crippen LogP contribution < -0.4 is 5.32 Å². The van der Waals surface area contributed by atoms with Crippen molar-refractivity contribution in [1.82, 2.24) is 4.90 Å². The smallest absolute Gasteiger partial charge is 0.330 e. The second kappa shape index (κ2) is 9.57. The molecule has 8 heteroatoms. The van der Waals surface area contributed by atoms with E-state index in [4.69, 9.17) is 4.74 Å². The monoisotopic (exact) mass is 538 g/mol. The summed E-state index contributed by atoms with van der Waals surface area (Å²) in [4.78, 5) is 53.6. The van der Waals surface area contributed by atoms with E-state index in [0.29, 0.717) is 5.69 Å². The van der Waals surface area contributed by atoms with Gasteiger partial charge < -0.3 is 10.1 Å². The molecule has 2 aromatic carbocycles. The van der Waals surface area contributed by atoms with Crippen molar-refractivity contribution in [1.29, 1.82) is 0 Å². The zero-order valence-electron chi connectivity index (χ0n) is 19.4. The van der Waals surface area contributed by atoms with Crippen LogP contribution in [0.3, 0.4) is 0 Å². The summed E-state index contributed by atoms with van der Waals surface area (Å²) in [5.74, 6) is -1.96. The highest BCUT2D eigenvalue weighted by atomic mass is 79.9. The Bertz CT molecular complexity index is 1160. The van der Waals surface area contributed by atoms with Crippen LogP contribution in [0.5, 0.6) is 0 Å². The van der Waals surface area contributed by atoms with Crippen LogP contribution in [-0.2, 0) is 30.3 Å². The Morgan fingerprint density at radius 2 is 1.71 bits per heavy atom. The number of aryl methyl sites for hydroxylation is 1. The van der Waals surface area contributed by atoms with Crippen LogP contribution >= 0.6 is 15.9 Å². The van der Waals surface area contributed by atoms with E-state index in [0.717, 1.165) is 39.8 Å². The zero-order valence-corrected chi connectivity index (χ0v) is 21.0. The van der Waals surface area contributed by atoms with Gasteiger partial charge in [0.05, 0.1) is 11.8 Å². The molecule has 0 aromatic heterocycles. The minimum Gasteiger partial charge on any atom is -0.454 e. The molecule has 0 unspecified atom stereocenters. The predicted octanol–water partition coefficient (Wildman–Crippen LogP) is 3.88. The van der Waals surface area contributed by atoms with Gasteiger partial charge in [-0.05, 0) is 67.3 Å². The number of hydrogen-bond acceptors (Lipinski definition) is 5. The van der Waals surface area contributed by atoms with Crippen LogP contribution in [0, 0.1) is 30.6 Å². The van der Waals surface area contributed by atoms with Crippen LogP contribution in [0.4, 0.5) is 5.69 Å². The largest absolute Gasteiger partial charge is 0.454 e. The van der Waals surface area contributed by atoms with E-state index in [1.165, 1.54) is 0 Å². The summed E-state index contributed by atoms with van der Waals surface area (Å²) < 4.78 is 6.26. The van der Waals surface area contributed by atoms with Crippen molar-refractivity contribution < 1.29 is 23.9 Å². The summed E-state index contributed by atoms with van der Waals surface area (Å²) in [6.45, 7) is 1.35. The number of amides is 3. The molecule has 0 spiro atoms. The van der Waals surface area contributed by atoms with Crippen LogP contribution in [-0.4, -0.2) is 41.2 Å². The molecule has 2 saturated carbocycles. The van der Waals surface area contributed by atoms with Crippen LogP contribution in [0.15, 0.2) is 53.0 Å². The average Bonchev–Trinajstić information content (AvgIpc) is 3.52. The van der Waals surface area contributed by atoms with Crippen molar-refractivity contribution in [2.75, 3.05) is 11.9 Å². The Morgan fingerprint density at radius 3 is 2.34 bits per heavy atom. The van der Waals surface area contributed by atoms with Gasteiger partial charge in [-0.2, -0.15) is 0 Å². The number of nitrogens with one attached hydrogen (secondary N) is 1. The van der Waals surface area contributed by atoms with E-state index in [1.54, 1.807) is 12.1 Å². The number of fused-ring (bicyclic) bond motifs is 5. The molecule has 0 radical (unpaired) electrons. The van der Waals surface area contributed by atoms with E-state index >= 15 is 0 Å². The van der Waals surface area contributed by atoms with E-state index in [1.807, 2.05) is 43.3 Å². The maximum Gasteiger partial charge on any atom is 0.330 e. The average molecular weight is 539 g/mol. The molecule has 2 aromatic rings. The van der Waals surface area contributed by atoms with Gasteiger partial charge in [-0.25, -0.2) is 4.79 Å². The standard InChI is InChI=1S/C27H27BrN2O5/c1-15-11-19(28)9-10-20(15)29-22(31)14-35-27(34)21(12-16-5-3-2-4-6-16)30-25(32)23-17-7-8-18(13-17)24(23)26(30)33/h2-6,9-11,17-18,21,23-24H,7-8,12-14H2,1H3,(H,29,31)/t17-,18-,21-,23+,24+/m0/s1. The summed E-state index contributed by atoms with van der Waals surface area (Å²) in [6.07, 6.45) is 2.99. The molecule has 1 saturated heterocycles. The molecule has 1 aliphatic heterocycles. The molecule has 3 fully saturated rings. The molecule has 7 nitrogen and oxygen atoms in total. The number of ether oxygens (including phenoxy) is 1. The number of esters is 1. The van der Waals surface area contributed by atoms with Crippen molar-refractivity contribution in [3.05, 3.63) is 64.1 Å². The molecular weight excluding hydrogens is 512 g/mol. The molecule has 5 atom stereocenters. The summed E-state index contributed by atoms with van der Waals surface area (Å²) in [5, 5.41) is 2.74. The number of nitrogens with zero attached hydrogens (tertiary/aromatic N) is 1. The number of benzene rings is 2. The highest BCUT2D eigenvalue weighted by Crippen LogP contribution is 2.56. The third-order valence-electron chi connectivity index (χ3n) is 7.63. The number of imide groups is 1. The fraction of sp³-hybridized carbons (Fsp3) is 0.407. The van der Waals surface area contributed by atoms with Gasteiger partial charge in [-0.3, -0.25) is 19.3 Å². The molecule has 2 aliphatic carbocycles. The predicted molar refractivity (Wildman–Crippen MR) is 132 cm³/mol. The van der Waals surface area contributed by atoms with E-state index in [9.17, 15) is 19.2 Å². The lowest BCUT2D eigenvalue weighted by atomic mass is 9.81. The van der Waals surface area contributed by atoms with E-state index in [2.05, 4.69) is 21.2 Å². The van der Waals surface area contributed by atoms with Crippen LogP contribution in [0.2, 0.25) is 0 Å². The zero-order chi connectivity index (χ0) is 24.7. The highest BCUT2D eigenvalue weighted by Gasteiger charge is 2.62. The van der Waals surface area contributed by atoms with Gasteiger partial charge in [-0.15, -0.1) is 0 Å². The van der Waals surface area contributed by atoms with Gasteiger partial charge in [0.2, 0.25) is 11.8 Å². The van der Waals surface area contributed by atoms with Gasteiger partial charge >= 0.3 is 5.97 Å². The number of halogens is 1. The molecule has 35 heavy (non-hydrogen) atoms. The van der Waals surface area contributed by atoms with E-state index in [-0.39, 0.29) is 41.9 Å². The first-order valence-corrected chi connectivity index (χ1v) is 12.8. The normalized spacial score (nSPS) is 25.5. The fourth-order valence-electron chi connectivity index (χ4n) is 6.04. The number of hydrogen-bond donors (Lipinski definition) is 1. The Morgan fingerprint density at radius 1 is 1.06 bits per heavy atom. The van der Waals surface area contributed by atoms with Crippen molar-refractivity contribution in [3.8, 4) is 0 Å². The third kappa shape index (κ3) is 4.51. The maximum atomic E-state index is 13.4. The van der Waals surface area contributed by atoms with Crippen molar-refractivity contribution >= 4 is 45.3 Å². The summed E-state index contributed by atoms with van der Waals surface area (Å²) in [6, 6.07) is 13.6. The van der Waals surface area contributed by atoms with Gasteiger partial charge in [-0.1, -0.05) is 46.3 Å². The Kier molecular flexibility index (Phi) is 6.49. The summed E-state index contributed by atoms with van der Waals surface area (Å²) >= 11 is 3.38. The Labute approximate surface area is 212 Å². The van der Waals surface area contributed by atoms with Gasteiger partial charge in [0.1, 0.15) is 6.04 Å². The first-order valence-electron chi connectivity index (χ1n) is 12.0. The fourth-order valence-corrected chi connectivity index (χ4v) is 6.52. The maximum absolute atomic E-state index is 13.4.